The van der Waals surface area contributed by atoms with Gasteiger partial charge < -0.3 is 19.3 Å². The van der Waals surface area contributed by atoms with Crippen LogP contribution in [0.3, 0.4) is 0 Å². The smallest absolute Gasteiger partial charge is 0.293 e. The van der Waals surface area contributed by atoms with Gasteiger partial charge in [0.25, 0.3) is 6.47 Å². The Morgan fingerprint density at radius 1 is 1.22 bits per heavy atom. The van der Waals surface area contributed by atoms with Crippen LogP contribution in [0.2, 0.25) is 0 Å². The van der Waals surface area contributed by atoms with Crippen molar-refractivity contribution in [2.75, 3.05) is 6.61 Å². The van der Waals surface area contributed by atoms with Crippen molar-refractivity contribution in [2.24, 2.45) is 34.5 Å². The Morgan fingerprint density at radius 3 is 2.75 bits per heavy atom. The molecule has 1 heterocycles. The average molecular weight is 499 g/mol. The molecular formula is C29H38O7. The number of aliphatic hydroxyl groups excluding tert-OH is 1. The maximum Gasteiger partial charge on any atom is 0.293 e. The summed E-state index contributed by atoms with van der Waals surface area (Å²) in [6.45, 7) is 4.20. The van der Waals surface area contributed by atoms with Crippen molar-refractivity contribution in [3.63, 3.8) is 0 Å². The van der Waals surface area contributed by atoms with Crippen molar-refractivity contribution < 1.29 is 33.7 Å². The third-order valence-electron chi connectivity index (χ3n) is 11.0. The first kappa shape index (κ1) is 24.5. The number of carbonyl (C=O) groups excluding carboxylic acids is 3. The van der Waals surface area contributed by atoms with Crippen LogP contribution in [0.1, 0.15) is 71.6 Å². The Kier molecular flexibility index (Phi) is 5.86. The SMILES string of the molecule is C[C@]12C=CC(=O)C=C1CC[C@@H]1[C@@H]2[C@@H](O)C[C@@]2(C)[C@H]1C[C@H]1OC(C3CCCCC3)O[C@]12C(=O)COC=O. The number of hydrogen-bond donors (Lipinski definition) is 1. The number of aliphatic hydroxyl groups is 1. The molecule has 0 aromatic rings. The topological polar surface area (TPSA) is 99.1 Å². The van der Waals surface area contributed by atoms with E-state index in [-0.39, 0.29) is 47.3 Å². The van der Waals surface area contributed by atoms with E-state index in [0.717, 1.165) is 44.1 Å². The largest absolute Gasteiger partial charge is 0.460 e. The van der Waals surface area contributed by atoms with E-state index in [1.807, 2.05) is 6.08 Å². The minimum absolute atomic E-state index is 0.0155. The zero-order valence-electron chi connectivity index (χ0n) is 21.3. The van der Waals surface area contributed by atoms with E-state index in [9.17, 15) is 19.5 Å². The molecule has 6 rings (SSSR count). The molecule has 7 heteroatoms. The normalized spacial score (nSPS) is 47.9. The molecule has 0 aromatic carbocycles. The van der Waals surface area contributed by atoms with Crippen molar-refractivity contribution in [1.82, 2.24) is 0 Å². The van der Waals surface area contributed by atoms with Gasteiger partial charge in [-0.3, -0.25) is 14.4 Å². The highest BCUT2D eigenvalue weighted by atomic mass is 16.7. The summed E-state index contributed by atoms with van der Waals surface area (Å²) >= 11 is 0. The van der Waals surface area contributed by atoms with Crippen LogP contribution >= 0.6 is 0 Å². The number of carbonyl (C=O) groups is 3. The van der Waals surface area contributed by atoms with Crippen molar-refractivity contribution in [3.8, 4) is 0 Å². The average Bonchev–Trinajstić information content (AvgIpc) is 3.36. The fourth-order valence-corrected chi connectivity index (χ4v) is 9.43. The lowest BCUT2D eigenvalue weighted by Gasteiger charge is -2.59. The number of fused-ring (bicyclic) bond motifs is 7. The second-order valence-electron chi connectivity index (χ2n) is 12.5. The molecule has 0 amide bonds. The summed E-state index contributed by atoms with van der Waals surface area (Å²) in [5, 5.41) is 11.8. The molecule has 36 heavy (non-hydrogen) atoms. The summed E-state index contributed by atoms with van der Waals surface area (Å²) in [6, 6.07) is 0. The van der Waals surface area contributed by atoms with Crippen LogP contribution in [0.25, 0.3) is 0 Å². The molecule has 1 unspecified atom stereocenters. The molecule has 196 valence electrons. The molecule has 9 atom stereocenters. The molecular weight excluding hydrogens is 460 g/mol. The van der Waals surface area contributed by atoms with Crippen LogP contribution in [0, 0.1) is 34.5 Å². The fourth-order valence-electron chi connectivity index (χ4n) is 9.43. The van der Waals surface area contributed by atoms with Crippen molar-refractivity contribution in [3.05, 3.63) is 23.8 Å². The van der Waals surface area contributed by atoms with Gasteiger partial charge in [0.2, 0.25) is 5.78 Å². The van der Waals surface area contributed by atoms with Crippen LogP contribution < -0.4 is 0 Å². The Balaban J connectivity index is 1.37. The quantitative estimate of drug-likeness (QED) is 0.577. The maximum atomic E-state index is 13.9. The predicted octanol–water partition coefficient (Wildman–Crippen LogP) is 3.68. The minimum Gasteiger partial charge on any atom is -0.460 e. The molecule has 5 fully saturated rings. The van der Waals surface area contributed by atoms with Gasteiger partial charge in [0.1, 0.15) is 0 Å². The van der Waals surface area contributed by atoms with Gasteiger partial charge in [-0.05, 0) is 62.5 Å². The second-order valence-corrected chi connectivity index (χ2v) is 12.5. The lowest BCUT2D eigenvalue weighted by molar-refractivity contribution is -0.210. The minimum atomic E-state index is -1.23. The van der Waals surface area contributed by atoms with Crippen LogP contribution in [-0.4, -0.2) is 53.9 Å². The molecule has 1 saturated heterocycles. The highest BCUT2D eigenvalue weighted by Gasteiger charge is 2.76. The number of Topliss-reactive ketones (excluding diaryl/α,β-unsaturated/α-hetero) is 1. The first-order valence-electron chi connectivity index (χ1n) is 13.8. The maximum absolute atomic E-state index is 13.9. The van der Waals surface area contributed by atoms with Gasteiger partial charge in [-0.1, -0.05) is 44.8 Å². The molecule has 1 aliphatic heterocycles. The van der Waals surface area contributed by atoms with Gasteiger partial charge in [0, 0.05) is 22.7 Å². The van der Waals surface area contributed by atoms with Gasteiger partial charge in [0.15, 0.2) is 24.3 Å². The molecule has 5 aliphatic carbocycles. The summed E-state index contributed by atoms with van der Waals surface area (Å²) < 4.78 is 18.3. The molecule has 7 nitrogen and oxygen atoms in total. The molecule has 1 N–H and O–H groups in total. The fraction of sp³-hybridized carbons (Fsp3) is 0.759. The summed E-state index contributed by atoms with van der Waals surface area (Å²) in [6.07, 6.45) is 12.2. The second kappa shape index (κ2) is 8.60. The Bertz CT molecular complexity index is 1010. The Labute approximate surface area is 212 Å². The van der Waals surface area contributed by atoms with E-state index in [0.29, 0.717) is 19.3 Å². The summed E-state index contributed by atoms with van der Waals surface area (Å²) in [5.41, 5.74) is -1.15. The number of rotatable bonds is 5. The van der Waals surface area contributed by atoms with Crippen LogP contribution in [0.15, 0.2) is 23.8 Å². The third-order valence-corrected chi connectivity index (χ3v) is 11.0. The van der Waals surface area contributed by atoms with Gasteiger partial charge in [0.05, 0.1) is 12.2 Å². The van der Waals surface area contributed by atoms with Gasteiger partial charge in [-0.2, -0.15) is 0 Å². The number of ether oxygens (including phenoxy) is 3. The number of ketones is 2. The first-order valence-corrected chi connectivity index (χ1v) is 13.8. The number of allylic oxidation sites excluding steroid dienone is 4. The van der Waals surface area contributed by atoms with E-state index < -0.39 is 29.5 Å². The van der Waals surface area contributed by atoms with E-state index >= 15 is 0 Å². The summed E-state index contributed by atoms with van der Waals surface area (Å²) in [4.78, 5) is 37.0. The van der Waals surface area contributed by atoms with Crippen LogP contribution in [-0.2, 0) is 28.6 Å². The van der Waals surface area contributed by atoms with Gasteiger partial charge in [-0.25, -0.2) is 0 Å². The standard InChI is InChI=1S/C29H38O7/c1-27-11-10-19(31)12-18(27)8-9-20-21-13-24-29(23(33)15-34-16-30,28(21,2)14-22(32)25(20)27)36-26(35-24)17-6-4-3-5-7-17/h10-12,16-17,20-22,24-26,32H,3-9,13-15H2,1-2H3/t20-,21-,22-,24+,25+,26?,27-,28-,29+/m0/s1. The van der Waals surface area contributed by atoms with E-state index in [1.165, 1.54) is 6.42 Å². The third kappa shape index (κ3) is 3.24. The molecule has 0 radical (unpaired) electrons. The number of hydrogen-bond acceptors (Lipinski definition) is 7. The van der Waals surface area contributed by atoms with Gasteiger partial charge >= 0.3 is 0 Å². The summed E-state index contributed by atoms with van der Waals surface area (Å²) in [5.74, 6) is 0.275. The Hall–Kier alpha value is -1.83. The van der Waals surface area contributed by atoms with E-state index in [2.05, 4.69) is 13.8 Å². The van der Waals surface area contributed by atoms with E-state index in [1.54, 1.807) is 12.2 Å². The monoisotopic (exact) mass is 498 g/mol. The predicted molar refractivity (Wildman–Crippen MR) is 129 cm³/mol. The highest BCUT2D eigenvalue weighted by Crippen LogP contribution is 2.70. The van der Waals surface area contributed by atoms with Crippen LogP contribution in [0.4, 0.5) is 0 Å². The Morgan fingerprint density at radius 2 is 2.00 bits per heavy atom. The summed E-state index contributed by atoms with van der Waals surface area (Å²) in [7, 11) is 0. The van der Waals surface area contributed by atoms with Gasteiger partial charge in [-0.15, -0.1) is 0 Å². The lowest BCUT2D eigenvalue weighted by atomic mass is 9.46. The zero-order valence-corrected chi connectivity index (χ0v) is 21.3. The first-order chi connectivity index (χ1) is 17.2. The van der Waals surface area contributed by atoms with Crippen LogP contribution in [0.5, 0.6) is 0 Å². The van der Waals surface area contributed by atoms with E-state index in [4.69, 9.17) is 14.2 Å². The van der Waals surface area contributed by atoms with Crippen molar-refractivity contribution >= 4 is 18.0 Å². The molecule has 6 aliphatic rings. The van der Waals surface area contributed by atoms with Crippen molar-refractivity contribution in [1.29, 1.82) is 0 Å². The molecule has 0 bridgehead atoms. The highest BCUT2D eigenvalue weighted by molar-refractivity contribution is 6.01. The molecule has 0 aromatic heterocycles. The lowest BCUT2D eigenvalue weighted by Crippen LogP contribution is -2.63. The zero-order chi connectivity index (χ0) is 25.3. The van der Waals surface area contributed by atoms with Crippen molar-refractivity contribution in [2.45, 2.75) is 95.7 Å². The molecule has 4 saturated carbocycles. The molecule has 0 spiro atoms.